The number of nitrogens with zero attached hydrogens (tertiary/aromatic N) is 1. The minimum Gasteiger partial charge on any atom is -0.444 e. The van der Waals surface area contributed by atoms with Gasteiger partial charge in [-0.1, -0.05) is 41.9 Å². The minimum atomic E-state index is -1.45. The van der Waals surface area contributed by atoms with Gasteiger partial charge in [0.1, 0.15) is 17.7 Å². The summed E-state index contributed by atoms with van der Waals surface area (Å²) in [6.07, 6.45) is -1.49. The van der Waals surface area contributed by atoms with Gasteiger partial charge in [-0.05, 0) is 69.9 Å². The highest BCUT2D eigenvalue weighted by Gasteiger charge is 2.38. The number of aryl methyl sites for hydroxylation is 3. The number of carbonyl (C=O) groups excluding carboxylic acids is 4. The number of anilines is 1. The van der Waals surface area contributed by atoms with E-state index in [-0.39, 0.29) is 6.54 Å². The van der Waals surface area contributed by atoms with Crippen molar-refractivity contribution >= 4 is 41.1 Å². The number of aliphatic hydroxyl groups excluding tert-OH is 1. The fourth-order valence-corrected chi connectivity index (χ4v) is 4.46. The van der Waals surface area contributed by atoms with E-state index in [1.54, 1.807) is 71.9 Å². The van der Waals surface area contributed by atoms with Crippen molar-refractivity contribution in [2.45, 2.75) is 65.6 Å². The van der Waals surface area contributed by atoms with Crippen LogP contribution < -0.4 is 16.4 Å². The van der Waals surface area contributed by atoms with Crippen LogP contribution in [0, 0.1) is 20.8 Å². The minimum absolute atomic E-state index is 0.280. The third kappa shape index (κ3) is 8.69. The average Bonchev–Trinajstić information content (AvgIpc) is 2.80. The van der Waals surface area contributed by atoms with Crippen molar-refractivity contribution in [2.75, 3.05) is 18.5 Å². The Morgan fingerprint density at radius 1 is 1.03 bits per heavy atom. The molecule has 39 heavy (non-hydrogen) atoms. The van der Waals surface area contributed by atoms with Crippen molar-refractivity contribution in [3.63, 3.8) is 0 Å². The predicted octanol–water partition coefficient (Wildman–Crippen LogP) is 3.53. The molecule has 2 rings (SSSR count). The third-order valence-corrected chi connectivity index (χ3v) is 6.18. The van der Waals surface area contributed by atoms with Gasteiger partial charge in [0.25, 0.3) is 5.91 Å². The zero-order valence-electron chi connectivity index (χ0n) is 23.1. The third-order valence-electron chi connectivity index (χ3n) is 5.86. The summed E-state index contributed by atoms with van der Waals surface area (Å²) in [5, 5.41) is 15.5. The molecule has 0 spiro atoms. The van der Waals surface area contributed by atoms with Crippen molar-refractivity contribution in [1.82, 2.24) is 10.2 Å². The number of hydrogen-bond acceptors (Lipinski definition) is 6. The molecule has 0 aliphatic heterocycles. The SMILES string of the molecule is Cc1cccc(Cl)c1NC(=O)C(c1c(C)cccc1C)N(CCO)C(=O)C(CC(N)=O)NC(=O)OC(C)(C)C. The van der Waals surface area contributed by atoms with E-state index in [0.29, 0.717) is 33.0 Å². The van der Waals surface area contributed by atoms with Gasteiger partial charge in [0, 0.05) is 6.54 Å². The van der Waals surface area contributed by atoms with E-state index in [9.17, 15) is 24.3 Å². The number of primary amides is 1. The summed E-state index contributed by atoms with van der Waals surface area (Å²) in [6.45, 7) is 9.53. The number of hydrogen-bond donors (Lipinski definition) is 4. The summed E-state index contributed by atoms with van der Waals surface area (Å²) in [7, 11) is 0. The molecule has 0 fully saturated rings. The standard InChI is InChI=1S/C28H37ClN4O6/c1-16-9-7-10-17(2)22(16)24(25(36)32-23-18(3)11-8-12-19(23)29)33(13-14-34)26(37)20(15-21(30)35)31-27(38)39-28(4,5)6/h7-12,20,24,34H,13-15H2,1-6H3,(H2,30,35)(H,31,38)(H,32,36). The largest absolute Gasteiger partial charge is 0.444 e. The number of para-hydroxylation sites is 1. The molecule has 2 aromatic carbocycles. The first-order valence-corrected chi connectivity index (χ1v) is 12.8. The Labute approximate surface area is 233 Å². The van der Waals surface area contributed by atoms with E-state index >= 15 is 0 Å². The number of halogens is 1. The lowest BCUT2D eigenvalue weighted by Gasteiger charge is -2.35. The molecule has 0 bridgehead atoms. The molecule has 0 aromatic heterocycles. The number of aliphatic hydroxyl groups is 1. The molecule has 0 heterocycles. The number of ether oxygens (including phenoxy) is 1. The van der Waals surface area contributed by atoms with Gasteiger partial charge in [0.05, 0.1) is 23.7 Å². The molecule has 0 aliphatic rings. The highest BCUT2D eigenvalue weighted by Crippen LogP contribution is 2.32. The number of amides is 4. The van der Waals surface area contributed by atoms with Crippen LogP contribution in [0.3, 0.4) is 0 Å². The molecule has 5 N–H and O–H groups in total. The maximum atomic E-state index is 13.9. The molecule has 2 unspecified atom stereocenters. The number of alkyl carbamates (subject to hydrolysis) is 1. The molecule has 11 heteroatoms. The number of nitrogens with two attached hydrogens (primary N) is 1. The fraction of sp³-hybridized carbons (Fsp3) is 0.429. The lowest BCUT2D eigenvalue weighted by Crippen LogP contribution is -2.54. The molecule has 4 amide bonds. The van der Waals surface area contributed by atoms with Gasteiger partial charge >= 0.3 is 6.09 Å². The first kappa shape index (κ1) is 31.6. The van der Waals surface area contributed by atoms with Gasteiger partial charge in [-0.3, -0.25) is 14.4 Å². The van der Waals surface area contributed by atoms with Crippen LogP contribution in [0.2, 0.25) is 5.02 Å². The Morgan fingerprint density at radius 3 is 2.10 bits per heavy atom. The highest BCUT2D eigenvalue weighted by atomic mass is 35.5. The predicted molar refractivity (Wildman–Crippen MR) is 149 cm³/mol. The van der Waals surface area contributed by atoms with Gasteiger partial charge in [-0.15, -0.1) is 0 Å². The lowest BCUT2D eigenvalue weighted by atomic mass is 9.93. The Morgan fingerprint density at radius 2 is 1.59 bits per heavy atom. The average molecular weight is 561 g/mol. The summed E-state index contributed by atoms with van der Waals surface area (Å²) >= 11 is 6.36. The molecule has 0 aliphatic carbocycles. The van der Waals surface area contributed by atoms with E-state index in [1.807, 2.05) is 6.07 Å². The maximum Gasteiger partial charge on any atom is 0.408 e. The molecule has 212 valence electrons. The second-order valence-electron chi connectivity index (χ2n) is 10.3. The van der Waals surface area contributed by atoms with Crippen molar-refractivity contribution in [2.24, 2.45) is 5.73 Å². The smallest absolute Gasteiger partial charge is 0.408 e. The fourth-order valence-electron chi connectivity index (χ4n) is 4.19. The van der Waals surface area contributed by atoms with Crippen LogP contribution in [0.4, 0.5) is 10.5 Å². The van der Waals surface area contributed by atoms with Gasteiger partial charge in [0.2, 0.25) is 11.8 Å². The number of benzene rings is 2. The van der Waals surface area contributed by atoms with E-state index in [2.05, 4.69) is 10.6 Å². The summed E-state index contributed by atoms with van der Waals surface area (Å²) in [6, 6.07) is 7.86. The van der Waals surface area contributed by atoms with Gasteiger partial charge < -0.3 is 31.1 Å². The summed E-state index contributed by atoms with van der Waals surface area (Å²) in [5.41, 5.74) is 7.55. The Hall–Kier alpha value is -3.63. The van der Waals surface area contributed by atoms with Gasteiger partial charge in [-0.25, -0.2) is 4.79 Å². The molecule has 0 saturated heterocycles. The normalized spacial score (nSPS) is 12.7. The van der Waals surface area contributed by atoms with Crippen LogP contribution >= 0.6 is 11.6 Å². The molecule has 2 aromatic rings. The lowest BCUT2D eigenvalue weighted by molar-refractivity contribution is -0.142. The van der Waals surface area contributed by atoms with Crippen LogP contribution in [0.15, 0.2) is 36.4 Å². The van der Waals surface area contributed by atoms with E-state index in [0.717, 1.165) is 4.90 Å². The maximum absolute atomic E-state index is 13.9. The summed E-state index contributed by atoms with van der Waals surface area (Å²) < 4.78 is 5.26. The second-order valence-corrected chi connectivity index (χ2v) is 10.7. The number of nitrogens with one attached hydrogen (secondary N) is 2. The zero-order valence-corrected chi connectivity index (χ0v) is 23.9. The summed E-state index contributed by atoms with van der Waals surface area (Å²) in [4.78, 5) is 53.4. The van der Waals surface area contributed by atoms with Crippen LogP contribution in [0.5, 0.6) is 0 Å². The van der Waals surface area contributed by atoms with E-state index in [4.69, 9.17) is 22.1 Å². The van der Waals surface area contributed by atoms with Crippen molar-refractivity contribution in [3.05, 3.63) is 63.7 Å². The summed E-state index contributed by atoms with van der Waals surface area (Å²) in [5.74, 6) is -2.25. The van der Waals surface area contributed by atoms with Gasteiger partial charge in [-0.2, -0.15) is 0 Å². The van der Waals surface area contributed by atoms with Crippen molar-refractivity contribution in [1.29, 1.82) is 0 Å². The van der Waals surface area contributed by atoms with Crippen LogP contribution in [0.25, 0.3) is 0 Å². The molecular weight excluding hydrogens is 524 g/mol. The quantitative estimate of drug-likeness (QED) is 0.349. The van der Waals surface area contributed by atoms with Crippen LogP contribution in [-0.2, 0) is 19.1 Å². The highest BCUT2D eigenvalue weighted by molar-refractivity contribution is 6.34. The number of carbonyl (C=O) groups is 4. The molecule has 0 radical (unpaired) electrons. The van der Waals surface area contributed by atoms with Crippen molar-refractivity contribution in [3.8, 4) is 0 Å². The monoisotopic (exact) mass is 560 g/mol. The topological polar surface area (TPSA) is 151 Å². The molecule has 0 saturated carbocycles. The zero-order chi connectivity index (χ0) is 29.5. The first-order valence-electron chi connectivity index (χ1n) is 12.5. The molecule has 10 nitrogen and oxygen atoms in total. The Kier molecular flexibility index (Phi) is 10.9. The Balaban J connectivity index is 2.62. The molecule has 2 atom stereocenters. The first-order chi connectivity index (χ1) is 18.2. The van der Waals surface area contributed by atoms with Crippen LogP contribution in [-0.4, -0.2) is 58.6 Å². The second kappa shape index (κ2) is 13.4. The van der Waals surface area contributed by atoms with E-state index in [1.165, 1.54) is 0 Å². The molecular formula is C28H37ClN4O6. The van der Waals surface area contributed by atoms with Gasteiger partial charge in [0.15, 0.2) is 0 Å². The number of rotatable bonds is 10. The van der Waals surface area contributed by atoms with Crippen LogP contribution in [0.1, 0.15) is 55.5 Å². The Bertz CT molecular complexity index is 1190. The van der Waals surface area contributed by atoms with Crippen molar-refractivity contribution < 1.29 is 29.0 Å². The van der Waals surface area contributed by atoms with E-state index < -0.39 is 54.5 Å².